The second-order valence-electron chi connectivity index (χ2n) is 4.86. The van der Waals surface area contributed by atoms with Crippen molar-refractivity contribution in [2.24, 2.45) is 0 Å². The highest BCUT2D eigenvalue weighted by molar-refractivity contribution is 9.10. The molecule has 5 nitrogen and oxygen atoms in total. The summed E-state index contributed by atoms with van der Waals surface area (Å²) in [5.74, 6) is 0.263. The number of hydrogen-bond donors (Lipinski definition) is 2. The maximum absolute atomic E-state index is 11.8. The molecule has 0 unspecified atom stereocenters. The molecule has 0 atom stereocenters. The Morgan fingerprint density at radius 3 is 2.26 bits per heavy atom. The number of halogens is 1. The van der Waals surface area contributed by atoms with Gasteiger partial charge in [0.25, 0.3) is 0 Å². The summed E-state index contributed by atoms with van der Waals surface area (Å²) < 4.78 is 5.99. The summed E-state index contributed by atoms with van der Waals surface area (Å²) in [5.41, 5.74) is 1.54. The molecule has 0 radical (unpaired) electrons. The van der Waals surface area contributed by atoms with Gasteiger partial charge in [0.2, 0.25) is 11.8 Å². The van der Waals surface area contributed by atoms with Crippen LogP contribution in [0.2, 0.25) is 0 Å². The van der Waals surface area contributed by atoms with Crippen LogP contribution in [-0.4, -0.2) is 25.5 Å². The van der Waals surface area contributed by atoms with E-state index in [2.05, 4.69) is 26.6 Å². The van der Waals surface area contributed by atoms with E-state index in [4.69, 9.17) is 4.74 Å². The highest BCUT2D eigenvalue weighted by Crippen LogP contribution is 2.14. The number of carbonyl (C=O) groups is 2. The molecule has 23 heavy (non-hydrogen) atoms. The van der Waals surface area contributed by atoms with E-state index in [1.165, 1.54) is 0 Å². The van der Waals surface area contributed by atoms with Crippen molar-refractivity contribution in [3.8, 4) is 5.75 Å². The van der Waals surface area contributed by atoms with Gasteiger partial charge in [-0.1, -0.05) is 28.1 Å². The average Bonchev–Trinajstić information content (AvgIpc) is 2.56. The Morgan fingerprint density at radius 2 is 1.65 bits per heavy atom. The molecule has 0 fully saturated rings. The third kappa shape index (κ3) is 5.75. The quantitative estimate of drug-likeness (QED) is 0.814. The Labute approximate surface area is 143 Å². The summed E-state index contributed by atoms with van der Waals surface area (Å²) in [7, 11) is 1.59. The number of carbonyl (C=O) groups excluding carboxylic acids is 2. The van der Waals surface area contributed by atoms with Crippen LogP contribution in [0, 0.1) is 0 Å². The van der Waals surface area contributed by atoms with E-state index in [1.807, 2.05) is 24.3 Å². The summed E-state index contributed by atoms with van der Waals surface area (Å²) in [6.45, 7) is -0.0644. The van der Waals surface area contributed by atoms with E-state index < -0.39 is 0 Å². The summed E-state index contributed by atoms with van der Waals surface area (Å²) >= 11 is 3.32. The molecule has 2 aromatic rings. The van der Waals surface area contributed by atoms with Gasteiger partial charge in [-0.05, 0) is 42.0 Å². The van der Waals surface area contributed by atoms with Crippen LogP contribution >= 0.6 is 15.9 Å². The normalized spacial score (nSPS) is 10.0. The molecule has 6 heteroatoms. The zero-order chi connectivity index (χ0) is 16.7. The van der Waals surface area contributed by atoms with Crippen LogP contribution in [0.4, 0.5) is 5.69 Å². The molecule has 0 aliphatic carbocycles. The van der Waals surface area contributed by atoms with E-state index in [0.717, 1.165) is 15.8 Å². The number of nitrogens with one attached hydrogen (secondary N) is 2. The average molecular weight is 377 g/mol. The van der Waals surface area contributed by atoms with Crippen LogP contribution in [0.1, 0.15) is 5.56 Å². The SMILES string of the molecule is COc1ccc(CC(=O)NCC(=O)Nc2ccc(Br)cc2)cc1. The maximum atomic E-state index is 11.8. The Bertz CT molecular complexity index is 669. The Kier molecular flexibility index (Phi) is 6.17. The summed E-state index contributed by atoms with van der Waals surface area (Å²) in [6.07, 6.45) is 0.218. The van der Waals surface area contributed by atoms with Gasteiger partial charge in [0.1, 0.15) is 5.75 Å². The lowest BCUT2D eigenvalue weighted by Crippen LogP contribution is -2.33. The van der Waals surface area contributed by atoms with Crippen LogP contribution in [0.25, 0.3) is 0 Å². The molecule has 2 amide bonds. The first-order valence-electron chi connectivity index (χ1n) is 7.02. The molecule has 0 saturated heterocycles. The van der Waals surface area contributed by atoms with Crippen molar-refractivity contribution in [2.75, 3.05) is 19.0 Å². The minimum Gasteiger partial charge on any atom is -0.497 e. The van der Waals surface area contributed by atoms with Gasteiger partial charge in [-0.3, -0.25) is 9.59 Å². The van der Waals surface area contributed by atoms with Gasteiger partial charge >= 0.3 is 0 Å². The fraction of sp³-hybridized carbons (Fsp3) is 0.176. The number of methoxy groups -OCH3 is 1. The summed E-state index contributed by atoms with van der Waals surface area (Å²) in [5, 5.41) is 5.31. The van der Waals surface area contributed by atoms with Crippen molar-refractivity contribution in [1.82, 2.24) is 5.32 Å². The van der Waals surface area contributed by atoms with Crippen LogP contribution in [0.3, 0.4) is 0 Å². The topological polar surface area (TPSA) is 67.4 Å². The molecule has 0 aromatic heterocycles. The fourth-order valence-electron chi connectivity index (χ4n) is 1.91. The van der Waals surface area contributed by atoms with E-state index in [1.54, 1.807) is 31.4 Å². The van der Waals surface area contributed by atoms with Gasteiger partial charge in [-0.15, -0.1) is 0 Å². The van der Waals surface area contributed by atoms with Crippen molar-refractivity contribution in [3.05, 3.63) is 58.6 Å². The Balaban J connectivity index is 1.76. The van der Waals surface area contributed by atoms with Crippen LogP contribution in [-0.2, 0) is 16.0 Å². The predicted molar refractivity (Wildman–Crippen MR) is 92.5 cm³/mol. The molecule has 2 N–H and O–H groups in total. The summed E-state index contributed by atoms with van der Waals surface area (Å²) in [4.78, 5) is 23.6. The zero-order valence-electron chi connectivity index (χ0n) is 12.6. The molecule has 2 aromatic carbocycles. The van der Waals surface area contributed by atoms with Gasteiger partial charge in [0, 0.05) is 10.2 Å². The van der Waals surface area contributed by atoms with Crippen molar-refractivity contribution < 1.29 is 14.3 Å². The van der Waals surface area contributed by atoms with Crippen LogP contribution < -0.4 is 15.4 Å². The molecular weight excluding hydrogens is 360 g/mol. The predicted octanol–water partition coefficient (Wildman–Crippen LogP) is 2.76. The number of ether oxygens (including phenoxy) is 1. The van der Waals surface area contributed by atoms with E-state index >= 15 is 0 Å². The van der Waals surface area contributed by atoms with Gasteiger partial charge in [-0.25, -0.2) is 0 Å². The van der Waals surface area contributed by atoms with E-state index in [-0.39, 0.29) is 24.8 Å². The number of amides is 2. The largest absolute Gasteiger partial charge is 0.497 e. The molecule has 0 bridgehead atoms. The second-order valence-corrected chi connectivity index (χ2v) is 5.77. The summed E-state index contributed by atoms with van der Waals surface area (Å²) in [6, 6.07) is 14.4. The molecule has 2 rings (SSSR count). The van der Waals surface area contributed by atoms with Crippen LogP contribution in [0.5, 0.6) is 5.75 Å². The first-order chi connectivity index (χ1) is 11.1. The third-order valence-electron chi connectivity index (χ3n) is 3.10. The lowest BCUT2D eigenvalue weighted by molar-refractivity contribution is -0.123. The minimum atomic E-state index is -0.268. The first-order valence-corrected chi connectivity index (χ1v) is 7.81. The molecule has 0 spiro atoms. The lowest BCUT2D eigenvalue weighted by Gasteiger charge is -2.07. The highest BCUT2D eigenvalue weighted by Gasteiger charge is 2.07. The Morgan fingerprint density at radius 1 is 1.00 bits per heavy atom. The molecular formula is C17H17BrN2O3. The molecule has 0 heterocycles. The molecule has 0 aliphatic rings. The van der Waals surface area contributed by atoms with Crippen LogP contribution in [0.15, 0.2) is 53.0 Å². The first kappa shape index (κ1) is 17.0. The second kappa shape index (κ2) is 8.33. The van der Waals surface area contributed by atoms with Crippen molar-refractivity contribution in [3.63, 3.8) is 0 Å². The molecule has 120 valence electrons. The lowest BCUT2D eigenvalue weighted by atomic mass is 10.1. The van der Waals surface area contributed by atoms with Gasteiger partial charge in [-0.2, -0.15) is 0 Å². The van der Waals surface area contributed by atoms with E-state index in [0.29, 0.717) is 5.69 Å². The maximum Gasteiger partial charge on any atom is 0.243 e. The van der Waals surface area contributed by atoms with Gasteiger partial charge in [0.15, 0.2) is 0 Å². The van der Waals surface area contributed by atoms with Gasteiger partial charge < -0.3 is 15.4 Å². The van der Waals surface area contributed by atoms with Crippen molar-refractivity contribution in [2.45, 2.75) is 6.42 Å². The van der Waals surface area contributed by atoms with E-state index in [9.17, 15) is 9.59 Å². The highest BCUT2D eigenvalue weighted by atomic mass is 79.9. The van der Waals surface area contributed by atoms with Gasteiger partial charge in [0.05, 0.1) is 20.1 Å². The number of hydrogen-bond acceptors (Lipinski definition) is 3. The smallest absolute Gasteiger partial charge is 0.243 e. The molecule has 0 aliphatic heterocycles. The fourth-order valence-corrected chi connectivity index (χ4v) is 2.17. The number of benzene rings is 2. The standard InChI is InChI=1S/C17H17BrN2O3/c1-23-15-8-2-12(3-9-15)10-16(21)19-11-17(22)20-14-6-4-13(18)5-7-14/h2-9H,10-11H2,1H3,(H,19,21)(H,20,22). The minimum absolute atomic E-state index is 0.0644. The zero-order valence-corrected chi connectivity index (χ0v) is 14.2. The molecule has 0 saturated carbocycles. The van der Waals surface area contributed by atoms with Crippen molar-refractivity contribution >= 4 is 33.4 Å². The monoisotopic (exact) mass is 376 g/mol. The van der Waals surface area contributed by atoms with Crippen molar-refractivity contribution in [1.29, 1.82) is 0 Å². The Hall–Kier alpha value is -2.34. The number of rotatable bonds is 6. The number of anilines is 1. The third-order valence-corrected chi connectivity index (χ3v) is 3.63.